The fourth-order valence-electron chi connectivity index (χ4n) is 2.88. The zero-order valence-electron chi connectivity index (χ0n) is 13.4. The number of benzene rings is 1. The molecule has 0 atom stereocenters. The Kier molecular flexibility index (Phi) is 4.37. The van der Waals surface area contributed by atoms with Crippen LogP contribution in [0.25, 0.3) is 11.0 Å². The van der Waals surface area contributed by atoms with E-state index in [1.807, 2.05) is 13.1 Å². The third-order valence-corrected chi connectivity index (χ3v) is 4.29. The van der Waals surface area contributed by atoms with E-state index in [9.17, 15) is 4.79 Å². The number of rotatable bonds is 3. The van der Waals surface area contributed by atoms with Gasteiger partial charge in [-0.3, -0.25) is 0 Å². The standard InChI is InChI=1S/C16H19ClN2O4/c1-4-21-16(20)23-15-10-8-19(3)6-5-9-11(17)7-12(18-2)14(22-15)13(9)10/h7,18H,4-6,8H2,1-3H3. The summed E-state index contributed by atoms with van der Waals surface area (Å²) in [5.41, 5.74) is 3.25. The highest BCUT2D eigenvalue weighted by Gasteiger charge is 2.27. The van der Waals surface area contributed by atoms with Gasteiger partial charge in [0.25, 0.3) is 0 Å². The molecular formula is C16H19ClN2O4. The number of ether oxygens (including phenoxy) is 2. The molecule has 0 saturated heterocycles. The normalized spacial score (nSPS) is 14.6. The topological polar surface area (TPSA) is 63.9 Å². The van der Waals surface area contributed by atoms with Crippen LogP contribution in [0.2, 0.25) is 5.02 Å². The van der Waals surface area contributed by atoms with E-state index in [0.29, 0.717) is 17.2 Å². The smallest absolute Gasteiger partial charge is 0.434 e. The van der Waals surface area contributed by atoms with E-state index in [-0.39, 0.29) is 12.6 Å². The number of nitrogens with one attached hydrogen (secondary N) is 1. The summed E-state index contributed by atoms with van der Waals surface area (Å²) >= 11 is 6.45. The van der Waals surface area contributed by atoms with Crippen LogP contribution in [0.3, 0.4) is 0 Å². The second-order valence-corrected chi connectivity index (χ2v) is 5.89. The lowest BCUT2D eigenvalue weighted by Gasteiger charge is -2.13. The lowest BCUT2D eigenvalue weighted by molar-refractivity contribution is 0.0947. The third kappa shape index (κ3) is 2.84. The molecule has 1 aromatic carbocycles. The van der Waals surface area contributed by atoms with Gasteiger partial charge in [-0.2, -0.15) is 0 Å². The number of nitrogens with zero attached hydrogens (tertiary/aromatic N) is 1. The van der Waals surface area contributed by atoms with Crippen LogP contribution in [0.5, 0.6) is 5.95 Å². The number of carbonyl (C=O) groups is 1. The van der Waals surface area contributed by atoms with Crippen molar-refractivity contribution in [2.45, 2.75) is 19.9 Å². The van der Waals surface area contributed by atoms with E-state index >= 15 is 0 Å². The van der Waals surface area contributed by atoms with Gasteiger partial charge in [0.15, 0.2) is 5.58 Å². The van der Waals surface area contributed by atoms with Gasteiger partial charge >= 0.3 is 12.1 Å². The van der Waals surface area contributed by atoms with Gasteiger partial charge < -0.3 is 24.1 Å². The molecule has 23 heavy (non-hydrogen) atoms. The number of carbonyl (C=O) groups excluding carboxylic acids is 1. The van der Waals surface area contributed by atoms with Crippen molar-refractivity contribution >= 4 is 34.4 Å². The molecule has 0 spiro atoms. The summed E-state index contributed by atoms with van der Waals surface area (Å²) in [6.07, 6.45) is 0.0367. The van der Waals surface area contributed by atoms with Crippen LogP contribution < -0.4 is 10.1 Å². The first-order chi connectivity index (χ1) is 11.0. The van der Waals surface area contributed by atoms with Crippen LogP contribution >= 0.6 is 11.6 Å². The largest absolute Gasteiger partial charge is 0.516 e. The minimum absolute atomic E-state index is 0.173. The predicted molar refractivity (Wildman–Crippen MR) is 88.5 cm³/mol. The van der Waals surface area contributed by atoms with Gasteiger partial charge in [0.1, 0.15) is 0 Å². The molecule has 0 aliphatic carbocycles. The lowest BCUT2D eigenvalue weighted by Crippen LogP contribution is -2.19. The summed E-state index contributed by atoms with van der Waals surface area (Å²) in [5.74, 6) is 0.173. The number of likely N-dealkylation sites (N-methyl/N-ethyl adjacent to an activating group) is 1. The van der Waals surface area contributed by atoms with Crippen molar-refractivity contribution in [3.63, 3.8) is 0 Å². The molecule has 0 unspecified atom stereocenters. The molecule has 7 heteroatoms. The summed E-state index contributed by atoms with van der Waals surface area (Å²) in [7, 11) is 3.80. The van der Waals surface area contributed by atoms with Gasteiger partial charge in [-0.15, -0.1) is 0 Å². The van der Waals surface area contributed by atoms with Gasteiger partial charge in [-0.25, -0.2) is 4.79 Å². The fourth-order valence-corrected chi connectivity index (χ4v) is 3.18. The molecule has 2 aromatic rings. The molecular weight excluding hydrogens is 320 g/mol. The third-order valence-electron chi connectivity index (χ3n) is 3.95. The Morgan fingerprint density at radius 1 is 1.48 bits per heavy atom. The first kappa shape index (κ1) is 16.0. The van der Waals surface area contributed by atoms with Gasteiger partial charge in [0.05, 0.1) is 17.9 Å². The average molecular weight is 339 g/mol. The Bertz CT molecular complexity index is 756. The lowest BCUT2D eigenvalue weighted by atomic mass is 10.0. The zero-order valence-corrected chi connectivity index (χ0v) is 14.1. The average Bonchev–Trinajstić information content (AvgIpc) is 2.74. The van der Waals surface area contributed by atoms with E-state index in [4.69, 9.17) is 25.5 Å². The van der Waals surface area contributed by atoms with E-state index < -0.39 is 6.16 Å². The highest BCUT2D eigenvalue weighted by Crippen LogP contribution is 2.43. The zero-order chi connectivity index (χ0) is 16.6. The molecule has 0 fully saturated rings. The van der Waals surface area contributed by atoms with E-state index in [1.165, 1.54) is 0 Å². The quantitative estimate of drug-likeness (QED) is 0.862. The van der Waals surface area contributed by atoms with Crippen molar-refractivity contribution in [2.75, 3.05) is 32.6 Å². The Balaban J connectivity index is 2.19. The SMILES string of the molecule is CCOC(=O)Oc1oc2c(NC)cc(Cl)c3c2c1CN(C)CC3. The highest BCUT2D eigenvalue weighted by molar-refractivity contribution is 6.33. The van der Waals surface area contributed by atoms with E-state index in [2.05, 4.69) is 10.2 Å². The molecule has 0 saturated carbocycles. The van der Waals surface area contributed by atoms with Gasteiger partial charge in [0.2, 0.25) is 0 Å². The molecule has 1 N–H and O–H groups in total. The number of hydrogen-bond acceptors (Lipinski definition) is 6. The van der Waals surface area contributed by atoms with Crippen molar-refractivity contribution in [1.29, 1.82) is 0 Å². The molecule has 1 aliphatic rings. The Hall–Kier alpha value is -1.92. The van der Waals surface area contributed by atoms with Gasteiger partial charge in [0, 0.05) is 30.5 Å². The molecule has 0 bridgehead atoms. The molecule has 3 rings (SSSR count). The van der Waals surface area contributed by atoms with Gasteiger partial charge in [-0.1, -0.05) is 11.6 Å². The maximum Gasteiger partial charge on any atom is 0.516 e. The molecule has 1 aliphatic heterocycles. The second kappa shape index (κ2) is 6.29. The van der Waals surface area contributed by atoms with Crippen molar-refractivity contribution in [1.82, 2.24) is 4.90 Å². The number of halogens is 1. The first-order valence-electron chi connectivity index (χ1n) is 7.52. The summed E-state index contributed by atoms with van der Waals surface area (Å²) in [4.78, 5) is 13.8. The Morgan fingerprint density at radius 2 is 2.26 bits per heavy atom. The molecule has 0 amide bonds. The van der Waals surface area contributed by atoms with Crippen molar-refractivity contribution in [3.05, 3.63) is 22.2 Å². The van der Waals surface area contributed by atoms with Crippen LogP contribution in [0.4, 0.5) is 10.5 Å². The minimum atomic E-state index is -0.770. The van der Waals surface area contributed by atoms with Crippen LogP contribution in [-0.2, 0) is 17.7 Å². The molecule has 6 nitrogen and oxygen atoms in total. The van der Waals surface area contributed by atoms with Crippen LogP contribution in [0, 0.1) is 0 Å². The van der Waals surface area contributed by atoms with Crippen molar-refractivity contribution in [2.24, 2.45) is 0 Å². The van der Waals surface area contributed by atoms with Crippen LogP contribution in [-0.4, -0.2) is 38.3 Å². The van der Waals surface area contributed by atoms with Crippen LogP contribution in [0.15, 0.2) is 10.5 Å². The molecule has 0 radical (unpaired) electrons. The summed E-state index contributed by atoms with van der Waals surface area (Å²) in [6, 6.07) is 1.84. The molecule has 2 heterocycles. The first-order valence-corrected chi connectivity index (χ1v) is 7.90. The number of furan rings is 1. The Labute approximate surface area is 139 Å². The number of anilines is 1. The summed E-state index contributed by atoms with van der Waals surface area (Å²) in [5, 5.41) is 4.68. The van der Waals surface area contributed by atoms with Crippen LogP contribution in [0.1, 0.15) is 18.1 Å². The highest BCUT2D eigenvalue weighted by atomic mass is 35.5. The fraction of sp³-hybridized carbons (Fsp3) is 0.438. The maximum absolute atomic E-state index is 11.7. The maximum atomic E-state index is 11.7. The van der Waals surface area contributed by atoms with Gasteiger partial charge in [-0.05, 0) is 32.0 Å². The number of hydrogen-bond donors (Lipinski definition) is 1. The second-order valence-electron chi connectivity index (χ2n) is 5.48. The predicted octanol–water partition coefficient (Wildman–Crippen LogP) is 3.65. The monoisotopic (exact) mass is 338 g/mol. The van der Waals surface area contributed by atoms with Crippen molar-refractivity contribution < 1.29 is 18.7 Å². The van der Waals surface area contributed by atoms with Crippen molar-refractivity contribution in [3.8, 4) is 5.95 Å². The molecule has 1 aromatic heterocycles. The van der Waals surface area contributed by atoms with E-state index in [1.54, 1.807) is 14.0 Å². The van der Waals surface area contributed by atoms with E-state index in [0.717, 1.165) is 35.2 Å². The molecule has 124 valence electrons. The summed E-state index contributed by atoms with van der Waals surface area (Å²) in [6.45, 7) is 3.44. The minimum Gasteiger partial charge on any atom is -0.434 e. The summed E-state index contributed by atoms with van der Waals surface area (Å²) < 4.78 is 16.0. The Morgan fingerprint density at radius 3 is 2.96 bits per heavy atom.